The molecule has 0 saturated carbocycles. The summed E-state index contributed by atoms with van der Waals surface area (Å²) in [5.41, 5.74) is 2.35. The van der Waals surface area contributed by atoms with Crippen LogP contribution in [0.1, 0.15) is 11.1 Å². The Kier molecular flexibility index (Phi) is 6.43. The van der Waals surface area contributed by atoms with Gasteiger partial charge in [-0.2, -0.15) is 0 Å². The average Bonchev–Trinajstić information content (AvgIpc) is 2.68. The summed E-state index contributed by atoms with van der Waals surface area (Å²) >= 11 is 12.0. The molecule has 0 unspecified atom stereocenters. The Balaban J connectivity index is 1.66. The van der Waals surface area contributed by atoms with Crippen molar-refractivity contribution in [1.29, 1.82) is 0 Å². The molecule has 3 rings (SSSR count). The van der Waals surface area contributed by atoms with E-state index in [-0.39, 0.29) is 12.4 Å². The van der Waals surface area contributed by atoms with Gasteiger partial charge in [0.15, 0.2) is 11.5 Å². The molecule has 0 saturated heterocycles. The fourth-order valence-corrected chi connectivity index (χ4v) is 2.82. The number of benzene rings is 3. The predicted molar refractivity (Wildman–Crippen MR) is 108 cm³/mol. The van der Waals surface area contributed by atoms with E-state index >= 15 is 0 Å². The minimum Gasteiger partial charge on any atom is -0.493 e. The minimum absolute atomic E-state index is 0.129. The molecular formula is C21H18Cl2FNO2. The van der Waals surface area contributed by atoms with E-state index in [1.165, 1.54) is 6.07 Å². The third-order valence-corrected chi connectivity index (χ3v) is 4.72. The lowest BCUT2D eigenvalue weighted by Gasteiger charge is -2.13. The second-order valence-corrected chi connectivity index (χ2v) is 6.66. The fourth-order valence-electron chi connectivity index (χ4n) is 2.52. The third kappa shape index (κ3) is 5.06. The van der Waals surface area contributed by atoms with Gasteiger partial charge >= 0.3 is 0 Å². The molecule has 0 aliphatic heterocycles. The first-order valence-corrected chi connectivity index (χ1v) is 9.04. The molecule has 140 valence electrons. The van der Waals surface area contributed by atoms with Gasteiger partial charge in [-0.15, -0.1) is 0 Å². The highest BCUT2D eigenvalue weighted by Crippen LogP contribution is 2.30. The molecule has 3 aromatic rings. The zero-order valence-electron chi connectivity index (χ0n) is 14.6. The summed E-state index contributed by atoms with van der Waals surface area (Å²) in [4.78, 5) is 0. The van der Waals surface area contributed by atoms with Gasteiger partial charge in [-0.3, -0.25) is 0 Å². The number of anilines is 1. The number of rotatable bonds is 7. The van der Waals surface area contributed by atoms with E-state index in [0.717, 1.165) is 11.3 Å². The van der Waals surface area contributed by atoms with Crippen molar-refractivity contribution in [3.63, 3.8) is 0 Å². The van der Waals surface area contributed by atoms with Gasteiger partial charge in [0.1, 0.15) is 12.4 Å². The van der Waals surface area contributed by atoms with Crippen LogP contribution in [0, 0.1) is 5.82 Å². The van der Waals surface area contributed by atoms with E-state index in [9.17, 15) is 4.39 Å². The molecule has 0 spiro atoms. The Bertz CT molecular complexity index is 934. The second-order valence-electron chi connectivity index (χ2n) is 5.85. The molecule has 1 N–H and O–H groups in total. The average molecular weight is 406 g/mol. The summed E-state index contributed by atoms with van der Waals surface area (Å²) in [6.07, 6.45) is 0. The summed E-state index contributed by atoms with van der Waals surface area (Å²) in [5.74, 6) is 0.845. The van der Waals surface area contributed by atoms with Crippen LogP contribution in [0.2, 0.25) is 10.0 Å². The first-order valence-electron chi connectivity index (χ1n) is 8.29. The summed E-state index contributed by atoms with van der Waals surface area (Å²) in [6.45, 7) is 0.700. The van der Waals surface area contributed by atoms with Gasteiger partial charge in [-0.05, 0) is 42.0 Å². The standard InChI is InChI=1S/C21H18Cl2FNO2/c1-26-21-10-14(12-25-16-7-8-17(22)18(23)11-16)6-9-20(21)27-13-15-4-2-3-5-19(15)24/h2-11,25H,12-13H2,1H3. The smallest absolute Gasteiger partial charge is 0.161 e. The molecule has 0 aliphatic carbocycles. The molecular weight excluding hydrogens is 388 g/mol. The van der Waals surface area contributed by atoms with Gasteiger partial charge in [0.2, 0.25) is 0 Å². The van der Waals surface area contributed by atoms with Crippen LogP contribution in [0.25, 0.3) is 0 Å². The van der Waals surface area contributed by atoms with Crippen molar-refractivity contribution in [3.05, 3.63) is 87.7 Å². The molecule has 0 amide bonds. The lowest BCUT2D eigenvalue weighted by atomic mass is 10.2. The SMILES string of the molecule is COc1cc(CNc2ccc(Cl)c(Cl)c2)ccc1OCc1ccccc1F. The fraction of sp³-hybridized carbons (Fsp3) is 0.143. The van der Waals surface area contributed by atoms with Crippen LogP contribution >= 0.6 is 23.2 Å². The Morgan fingerprint density at radius 3 is 2.48 bits per heavy atom. The van der Waals surface area contributed by atoms with Crippen LogP contribution in [0.5, 0.6) is 11.5 Å². The van der Waals surface area contributed by atoms with Crippen LogP contribution in [-0.4, -0.2) is 7.11 Å². The normalized spacial score (nSPS) is 10.5. The number of nitrogens with one attached hydrogen (secondary N) is 1. The topological polar surface area (TPSA) is 30.5 Å². The van der Waals surface area contributed by atoms with Gasteiger partial charge < -0.3 is 14.8 Å². The molecule has 6 heteroatoms. The third-order valence-electron chi connectivity index (χ3n) is 3.99. The number of ether oxygens (including phenoxy) is 2. The number of halogens is 3. The zero-order chi connectivity index (χ0) is 19.2. The molecule has 3 aromatic carbocycles. The lowest BCUT2D eigenvalue weighted by molar-refractivity contribution is 0.279. The van der Waals surface area contributed by atoms with Crippen molar-refractivity contribution >= 4 is 28.9 Å². The summed E-state index contributed by atoms with van der Waals surface area (Å²) in [6, 6.07) is 17.5. The maximum atomic E-state index is 13.7. The molecule has 0 aromatic heterocycles. The first kappa shape index (κ1) is 19.3. The van der Waals surface area contributed by atoms with Crippen LogP contribution in [-0.2, 0) is 13.2 Å². The number of hydrogen-bond donors (Lipinski definition) is 1. The van der Waals surface area contributed by atoms with Crippen molar-refractivity contribution in [1.82, 2.24) is 0 Å². The van der Waals surface area contributed by atoms with Gasteiger partial charge in [0.05, 0.1) is 17.2 Å². The van der Waals surface area contributed by atoms with Crippen LogP contribution in [0.3, 0.4) is 0 Å². The molecule has 0 heterocycles. The Hall–Kier alpha value is -2.43. The quantitative estimate of drug-likeness (QED) is 0.497. The van der Waals surface area contributed by atoms with E-state index in [4.69, 9.17) is 32.7 Å². The minimum atomic E-state index is -0.293. The zero-order valence-corrected chi connectivity index (χ0v) is 16.1. The monoisotopic (exact) mass is 405 g/mol. The van der Waals surface area contributed by atoms with E-state index in [2.05, 4.69) is 5.32 Å². The molecule has 0 radical (unpaired) electrons. The molecule has 0 aliphatic rings. The van der Waals surface area contributed by atoms with Gasteiger partial charge in [-0.25, -0.2) is 4.39 Å². The maximum absolute atomic E-state index is 13.7. The molecule has 0 fully saturated rings. The summed E-state index contributed by atoms with van der Waals surface area (Å²) in [5, 5.41) is 4.29. The van der Waals surface area contributed by atoms with E-state index in [1.54, 1.807) is 37.4 Å². The van der Waals surface area contributed by atoms with E-state index < -0.39 is 0 Å². The van der Waals surface area contributed by atoms with Crippen molar-refractivity contribution < 1.29 is 13.9 Å². The number of hydrogen-bond acceptors (Lipinski definition) is 3. The molecule has 0 bridgehead atoms. The highest BCUT2D eigenvalue weighted by Gasteiger charge is 2.08. The predicted octanol–water partition coefficient (Wildman–Crippen LogP) is 6.33. The van der Waals surface area contributed by atoms with Crippen LogP contribution in [0.15, 0.2) is 60.7 Å². The summed E-state index contributed by atoms with van der Waals surface area (Å²) < 4.78 is 24.8. The van der Waals surface area contributed by atoms with Crippen molar-refractivity contribution in [2.24, 2.45) is 0 Å². The van der Waals surface area contributed by atoms with Crippen molar-refractivity contribution in [2.75, 3.05) is 12.4 Å². The molecule has 27 heavy (non-hydrogen) atoms. The largest absolute Gasteiger partial charge is 0.493 e. The van der Waals surface area contributed by atoms with Gasteiger partial charge in [0, 0.05) is 17.8 Å². The molecule has 0 atom stereocenters. The lowest BCUT2D eigenvalue weighted by Crippen LogP contribution is -2.02. The number of methoxy groups -OCH3 is 1. The van der Waals surface area contributed by atoms with Crippen molar-refractivity contribution in [3.8, 4) is 11.5 Å². The van der Waals surface area contributed by atoms with Crippen LogP contribution < -0.4 is 14.8 Å². The van der Waals surface area contributed by atoms with Crippen molar-refractivity contribution in [2.45, 2.75) is 13.2 Å². The summed E-state index contributed by atoms with van der Waals surface area (Å²) in [7, 11) is 1.57. The Morgan fingerprint density at radius 1 is 0.926 bits per heavy atom. The van der Waals surface area contributed by atoms with Gasteiger partial charge in [0.25, 0.3) is 0 Å². The maximum Gasteiger partial charge on any atom is 0.161 e. The second kappa shape index (κ2) is 8.98. The van der Waals surface area contributed by atoms with Crippen LogP contribution in [0.4, 0.5) is 10.1 Å². The van der Waals surface area contributed by atoms with Gasteiger partial charge in [-0.1, -0.05) is 47.5 Å². The Morgan fingerprint density at radius 2 is 1.74 bits per heavy atom. The Labute approximate surface area is 167 Å². The highest BCUT2D eigenvalue weighted by molar-refractivity contribution is 6.42. The first-order chi connectivity index (χ1) is 13.1. The van der Waals surface area contributed by atoms with E-state index in [1.807, 2.05) is 24.3 Å². The highest BCUT2D eigenvalue weighted by atomic mass is 35.5. The van der Waals surface area contributed by atoms with E-state index in [0.29, 0.717) is 33.7 Å². The molecule has 3 nitrogen and oxygen atoms in total.